The van der Waals surface area contributed by atoms with Gasteiger partial charge in [0.05, 0.1) is 10.3 Å². The Morgan fingerprint density at radius 1 is 1.00 bits per heavy atom. The Labute approximate surface area is 113 Å². The number of carbonyl (C=O) groups excluding carboxylic acids is 1. The molecule has 5 heteroatoms. The third kappa shape index (κ3) is 1.85. The lowest BCUT2D eigenvalue weighted by Gasteiger charge is -2.04. The number of nitrogens with zero attached hydrogens (tertiary/aromatic N) is 1. The summed E-state index contributed by atoms with van der Waals surface area (Å²) in [5.41, 5.74) is 0.769. The van der Waals surface area contributed by atoms with E-state index in [1.165, 1.54) is 6.07 Å². The van der Waals surface area contributed by atoms with Crippen LogP contribution in [0, 0.1) is 10.1 Å². The van der Waals surface area contributed by atoms with Gasteiger partial charge in [-0.1, -0.05) is 24.3 Å². The molecule has 0 N–H and O–H groups in total. The fourth-order valence-electron chi connectivity index (χ4n) is 2.23. The number of rotatable bonds is 3. The van der Waals surface area contributed by atoms with Crippen LogP contribution in [-0.4, -0.2) is 11.2 Å². The Morgan fingerprint density at radius 2 is 1.75 bits per heavy atom. The van der Waals surface area contributed by atoms with Crippen LogP contribution in [-0.2, 0) is 0 Å². The van der Waals surface area contributed by atoms with Crippen molar-refractivity contribution in [3.8, 4) is 11.3 Å². The molecule has 20 heavy (non-hydrogen) atoms. The molecule has 0 saturated heterocycles. The quantitative estimate of drug-likeness (QED) is 0.410. The van der Waals surface area contributed by atoms with E-state index in [2.05, 4.69) is 0 Å². The highest BCUT2D eigenvalue weighted by molar-refractivity contribution is 6.00. The van der Waals surface area contributed by atoms with Crippen molar-refractivity contribution >= 4 is 22.7 Å². The molecule has 1 heterocycles. The Kier molecular flexibility index (Phi) is 2.80. The molecule has 0 fully saturated rings. The maximum atomic E-state index is 11.0. The first kappa shape index (κ1) is 12.1. The van der Waals surface area contributed by atoms with Gasteiger partial charge in [0.1, 0.15) is 5.76 Å². The number of hydrogen-bond donors (Lipinski definition) is 0. The van der Waals surface area contributed by atoms with Crippen LogP contribution in [0.15, 0.2) is 52.9 Å². The number of nitro groups is 1. The topological polar surface area (TPSA) is 73.3 Å². The first-order chi connectivity index (χ1) is 9.70. The molecule has 0 radical (unpaired) electrons. The van der Waals surface area contributed by atoms with Crippen LogP contribution in [0.4, 0.5) is 5.69 Å². The van der Waals surface area contributed by atoms with Crippen LogP contribution < -0.4 is 0 Å². The number of non-ortho nitro benzene ring substituents is 1. The highest BCUT2D eigenvalue weighted by atomic mass is 16.6. The maximum Gasteiger partial charge on any atom is 0.277 e. The van der Waals surface area contributed by atoms with Crippen LogP contribution in [0.3, 0.4) is 0 Å². The Balaban J connectivity index is 2.29. The summed E-state index contributed by atoms with van der Waals surface area (Å²) in [5.74, 6) is 0.737. The van der Waals surface area contributed by atoms with Crippen LogP contribution in [0.1, 0.15) is 10.6 Å². The van der Waals surface area contributed by atoms with Gasteiger partial charge in [0, 0.05) is 11.6 Å². The van der Waals surface area contributed by atoms with Crippen LogP contribution >= 0.6 is 0 Å². The minimum atomic E-state index is -0.412. The predicted octanol–water partition coefficient (Wildman–Crippen LogP) is 3.82. The van der Waals surface area contributed by atoms with Crippen LogP contribution in [0.2, 0.25) is 0 Å². The van der Waals surface area contributed by atoms with Gasteiger partial charge in [-0.05, 0) is 23.6 Å². The highest BCUT2D eigenvalue weighted by Crippen LogP contribution is 2.33. The smallest absolute Gasteiger partial charge is 0.277 e. The van der Waals surface area contributed by atoms with Gasteiger partial charge in [-0.2, -0.15) is 0 Å². The summed E-state index contributed by atoms with van der Waals surface area (Å²) in [5, 5.41) is 12.3. The minimum absolute atomic E-state index is 0.0477. The average Bonchev–Trinajstić information content (AvgIpc) is 2.94. The number of nitro benzene ring substituents is 1. The van der Waals surface area contributed by atoms with Gasteiger partial charge in [-0.15, -0.1) is 0 Å². The number of aldehydes is 1. The maximum absolute atomic E-state index is 11.0. The zero-order valence-corrected chi connectivity index (χ0v) is 10.3. The Hall–Kier alpha value is -2.95. The van der Waals surface area contributed by atoms with Crippen molar-refractivity contribution in [2.45, 2.75) is 0 Å². The molecule has 3 aromatic rings. The molecule has 3 rings (SSSR count). The summed E-state index contributed by atoms with van der Waals surface area (Å²) in [6, 6.07) is 13.4. The van der Waals surface area contributed by atoms with Gasteiger partial charge in [0.25, 0.3) is 5.69 Å². The molecule has 0 bridgehead atoms. The summed E-state index contributed by atoms with van der Waals surface area (Å²) < 4.78 is 5.39. The molecule has 0 spiro atoms. The van der Waals surface area contributed by atoms with Gasteiger partial charge >= 0.3 is 0 Å². The van der Waals surface area contributed by atoms with Gasteiger partial charge in [-0.25, -0.2) is 0 Å². The first-order valence-electron chi connectivity index (χ1n) is 5.92. The number of benzene rings is 2. The Morgan fingerprint density at radius 3 is 2.45 bits per heavy atom. The second-order valence-corrected chi connectivity index (χ2v) is 4.25. The first-order valence-corrected chi connectivity index (χ1v) is 5.92. The highest BCUT2D eigenvalue weighted by Gasteiger charge is 2.15. The molecule has 0 aliphatic carbocycles. The largest absolute Gasteiger partial charge is 0.453 e. The fourth-order valence-corrected chi connectivity index (χ4v) is 2.23. The molecule has 0 amide bonds. The zero-order valence-electron chi connectivity index (χ0n) is 10.3. The van der Waals surface area contributed by atoms with E-state index in [0.29, 0.717) is 22.8 Å². The van der Waals surface area contributed by atoms with E-state index < -0.39 is 4.92 Å². The van der Waals surface area contributed by atoms with Crippen molar-refractivity contribution in [1.82, 2.24) is 0 Å². The summed E-state index contributed by atoms with van der Waals surface area (Å²) >= 11 is 0. The van der Waals surface area contributed by atoms with Crippen molar-refractivity contribution in [2.75, 3.05) is 0 Å². The third-order valence-corrected chi connectivity index (χ3v) is 3.10. The molecule has 1 aromatic heterocycles. The zero-order chi connectivity index (χ0) is 14.1. The molecule has 0 aliphatic heterocycles. The molecule has 98 valence electrons. The van der Waals surface area contributed by atoms with Gasteiger partial charge in [-0.3, -0.25) is 14.9 Å². The number of fused-ring (bicyclic) bond motifs is 1. The molecule has 2 aromatic carbocycles. The summed E-state index contributed by atoms with van der Waals surface area (Å²) in [6.45, 7) is 0. The molecule has 5 nitrogen and oxygen atoms in total. The average molecular weight is 267 g/mol. The fraction of sp³-hybridized carbons (Fsp3) is 0. The lowest BCUT2D eigenvalue weighted by atomic mass is 10.0. The molecule has 0 aliphatic rings. The Bertz CT molecular complexity index is 820. The minimum Gasteiger partial charge on any atom is -0.453 e. The van der Waals surface area contributed by atoms with E-state index in [1.54, 1.807) is 42.5 Å². The van der Waals surface area contributed by atoms with Crippen molar-refractivity contribution in [1.29, 1.82) is 0 Å². The van der Waals surface area contributed by atoms with Crippen LogP contribution in [0.5, 0.6) is 0 Å². The van der Waals surface area contributed by atoms with Gasteiger partial charge in [0.2, 0.25) is 0 Å². The molecular weight excluding hydrogens is 258 g/mol. The van der Waals surface area contributed by atoms with E-state index in [0.717, 1.165) is 5.56 Å². The van der Waals surface area contributed by atoms with E-state index in [-0.39, 0.29) is 11.4 Å². The molecule has 0 unspecified atom stereocenters. The lowest BCUT2D eigenvalue weighted by Crippen LogP contribution is -1.90. The molecule has 0 atom stereocenters. The van der Waals surface area contributed by atoms with E-state index in [9.17, 15) is 14.9 Å². The second-order valence-electron chi connectivity index (χ2n) is 4.25. The van der Waals surface area contributed by atoms with Crippen molar-refractivity contribution in [2.24, 2.45) is 0 Å². The van der Waals surface area contributed by atoms with E-state index >= 15 is 0 Å². The summed E-state index contributed by atoms with van der Waals surface area (Å²) in [6.07, 6.45) is 0.622. The van der Waals surface area contributed by atoms with Crippen molar-refractivity contribution in [3.63, 3.8) is 0 Å². The summed E-state index contributed by atoms with van der Waals surface area (Å²) in [4.78, 5) is 21.3. The summed E-state index contributed by atoms with van der Waals surface area (Å²) in [7, 11) is 0. The van der Waals surface area contributed by atoms with Crippen molar-refractivity contribution < 1.29 is 14.1 Å². The molecular formula is C15H9NO4. The van der Waals surface area contributed by atoms with E-state index in [1.807, 2.05) is 0 Å². The number of carbonyl (C=O) groups is 1. The molecule has 0 saturated carbocycles. The predicted molar refractivity (Wildman–Crippen MR) is 73.7 cm³/mol. The lowest BCUT2D eigenvalue weighted by molar-refractivity contribution is -0.383. The van der Waals surface area contributed by atoms with Crippen LogP contribution in [0.25, 0.3) is 22.1 Å². The second kappa shape index (κ2) is 4.62. The number of hydrogen-bond acceptors (Lipinski definition) is 4. The number of furan rings is 1. The monoisotopic (exact) mass is 267 g/mol. The van der Waals surface area contributed by atoms with Gasteiger partial charge < -0.3 is 4.42 Å². The third-order valence-electron chi connectivity index (χ3n) is 3.10. The standard InChI is InChI=1S/C15H9NO4/c17-9-10-7-8-15(20-10)13-5-1-4-12-11(13)3-2-6-14(12)16(18)19/h1-9H. The normalized spacial score (nSPS) is 10.6. The SMILES string of the molecule is O=Cc1ccc(-c2cccc3c([N+](=O)[O-])cccc23)o1. The van der Waals surface area contributed by atoms with Gasteiger partial charge in [0.15, 0.2) is 12.0 Å². The van der Waals surface area contributed by atoms with Crippen molar-refractivity contribution in [3.05, 3.63) is 64.4 Å². The van der Waals surface area contributed by atoms with E-state index in [4.69, 9.17) is 4.42 Å².